The van der Waals surface area contributed by atoms with Gasteiger partial charge in [-0.2, -0.15) is 0 Å². The van der Waals surface area contributed by atoms with Gasteiger partial charge < -0.3 is 4.74 Å². The van der Waals surface area contributed by atoms with E-state index in [9.17, 15) is 8.78 Å². The van der Waals surface area contributed by atoms with Gasteiger partial charge in [0.05, 0.1) is 0 Å². The van der Waals surface area contributed by atoms with Gasteiger partial charge in [0.25, 0.3) is 0 Å². The third-order valence-electron chi connectivity index (χ3n) is 1.90. The van der Waals surface area contributed by atoms with E-state index < -0.39 is 11.6 Å². The summed E-state index contributed by atoms with van der Waals surface area (Å²) in [5.41, 5.74) is 0.346. The number of ether oxygens (including phenoxy) is 1. The Labute approximate surface area is 74.5 Å². The second kappa shape index (κ2) is 3.30. The van der Waals surface area contributed by atoms with Gasteiger partial charge in [0.2, 0.25) is 0 Å². The van der Waals surface area contributed by atoms with Crippen molar-refractivity contribution in [1.82, 2.24) is 5.32 Å². The van der Waals surface area contributed by atoms with E-state index in [1.54, 1.807) is 0 Å². The molecule has 0 N–H and O–H groups in total. The second-order valence-corrected chi connectivity index (χ2v) is 2.82. The van der Waals surface area contributed by atoms with Gasteiger partial charge in [-0.1, -0.05) is 0 Å². The molecular formula is C9H8F2NO. The molecule has 2 nitrogen and oxygen atoms in total. The van der Waals surface area contributed by atoms with Crippen LogP contribution in [0.2, 0.25) is 0 Å². The Morgan fingerprint density at radius 2 is 2.15 bits per heavy atom. The van der Waals surface area contributed by atoms with Gasteiger partial charge in [-0.05, 0) is 0 Å². The van der Waals surface area contributed by atoms with Crippen molar-refractivity contribution >= 4 is 0 Å². The molecule has 1 heterocycles. The molecule has 1 aromatic rings. The highest BCUT2D eigenvalue weighted by Crippen LogP contribution is 2.24. The molecular weight excluding hydrogens is 176 g/mol. The predicted molar refractivity (Wildman–Crippen MR) is 42.6 cm³/mol. The Kier molecular flexibility index (Phi) is 2.14. The molecule has 0 aromatic heterocycles. The smallest absolute Gasteiger partial charge is 0.134 e. The van der Waals surface area contributed by atoms with Crippen LogP contribution in [-0.2, 0) is 6.54 Å². The molecule has 0 saturated carbocycles. The number of rotatable bonds is 0. The summed E-state index contributed by atoms with van der Waals surface area (Å²) in [6, 6.07) is 2.04. The number of benzene rings is 1. The van der Waals surface area contributed by atoms with Crippen molar-refractivity contribution in [2.75, 3.05) is 13.2 Å². The van der Waals surface area contributed by atoms with Crippen LogP contribution in [0.5, 0.6) is 5.75 Å². The first-order chi connectivity index (χ1) is 6.27. The Balaban J connectivity index is 2.47. The van der Waals surface area contributed by atoms with Crippen molar-refractivity contribution in [3.8, 4) is 5.75 Å². The summed E-state index contributed by atoms with van der Waals surface area (Å²) in [5.74, 6) is -0.919. The van der Waals surface area contributed by atoms with Crippen molar-refractivity contribution in [2.24, 2.45) is 0 Å². The summed E-state index contributed by atoms with van der Waals surface area (Å²) >= 11 is 0. The Morgan fingerprint density at radius 1 is 1.31 bits per heavy atom. The monoisotopic (exact) mass is 184 g/mol. The third-order valence-corrected chi connectivity index (χ3v) is 1.90. The lowest BCUT2D eigenvalue weighted by molar-refractivity contribution is 0.322. The molecule has 0 unspecified atom stereocenters. The molecule has 13 heavy (non-hydrogen) atoms. The number of nitrogens with zero attached hydrogens (tertiary/aromatic N) is 1. The van der Waals surface area contributed by atoms with Gasteiger partial charge in [0, 0.05) is 30.8 Å². The zero-order valence-corrected chi connectivity index (χ0v) is 6.89. The topological polar surface area (TPSA) is 23.3 Å². The van der Waals surface area contributed by atoms with E-state index in [2.05, 4.69) is 5.32 Å². The van der Waals surface area contributed by atoms with Crippen LogP contribution in [0, 0.1) is 11.6 Å². The van der Waals surface area contributed by atoms with Gasteiger partial charge in [-0.3, -0.25) is 0 Å². The third kappa shape index (κ3) is 1.62. The van der Waals surface area contributed by atoms with Gasteiger partial charge in [-0.15, -0.1) is 0 Å². The first-order valence-corrected chi connectivity index (χ1v) is 4.01. The number of fused-ring (bicyclic) bond motifs is 1. The minimum absolute atomic E-state index is 0.265. The summed E-state index contributed by atoms with van der Waals surface area (Å²) in [6.45, 7) is 1.17. The molecule has 0 atom stereocenters. The predicted octanol–water partition coefficient (Wildman–Crippen LogP) is 1.46. The maximum atomic E-state index is 13.1. The summed E-state index contributed by atoms with van der Waals surface area (Å²) < 4.78 is 31.0. The molecule has 0 spiro atoms. The lowest BCUT2D eigenvalue weighted by Crippen LogP contribution is -2.09. The first kappa shape index (κ1) is 8.44. The SMILES string of the molecule is Fc1cc(F)c2c(c1)OCC[N]C2. The molecule has 0 aliphatic carbocycles. The van der Waals surface area contributed by atoms with Gasteiger partial charge in [0.15, 0.2) is 0 Å². The summed E-state index contributed by atoms with van der Waals surface area (Å²) in [5, 5.41) is 4.02. The maximum Gasteiger partial charge on any atom is 0.134 e. The molecule has 0 amide bonds. The summed E-state index contributed by atoms with van der Waals surface area (Å²) in [4.78, 5) is 0. The highest BCUT2D eigenvalue weighted by Gasteiger charge is 2.15. The molecule has 4 heteroatoms. The molecule has 1 aromatic carbocycles. The average molecular weight is 184 g/mol. The number of hydrogen-bond donors (Lipinski definition) is 0. The van der Waals surface area contributed by atoms with Crippen molar-refractivity contribution in [3.63, 3.8) is 0 Å². The van der Waals surface area contributed by atoms with Crippen LogP contribution in [0.4, 0.5) is 8.78 Å². The van der Waals surface area contributed by atoms with Crippen LogP contribution >= 0.6 is 0 Å². The van der Waals surface area contributed by atoms with Crippen LogP contribution in [0.3, 0.4) is 0 Å². The fourth-order valence-electron chi connectivity index (χ4n) is 1.27. The molecule has 1 radical (unpaired) electrons. The zero-order valence-electron chi connectivity index (χ0n) is 6.89. The number of halogens is 2. The summed E-state index contributed by atoms with van der Waals surface area (Å²) in [7, 11) is 0. The molecule has 0 saturated heterocycles. The number of hydrogen-bond acceptors (Lipinski definition) is 1. The van der Waals surface area contributed by atoms with Crippen LogP contribution < -0.4 is 10.1 Å². The quantitative estimate of drug-likeness (QED) is 0.598. The largest absolute Gasteiger partial charge is 0.492 e. The van der Waals surface area contributed by atoms with Crippen molar-refractivity contribution < 1.29 is 13.5 Å². The second-order valence-electron chi connectivity index (χ2n) is 2.82. The van der Waals surface area contributed by atoms with E-state index in [0.29, 0.717) is 18.7 Å². The molecule has 0 bridgehead atoms. The van der Waals surface area contributed by atoms with Crippen molar-refractivity contribution in [2.45, 2.75) is 6.54 Å². The van der Waals surface area contributed by atoms with E-state index >= 15 is 0 Å². The Morgan fingerprint density at radius 3 is 3.00 bits per heavy atom. The van der Waals surface area contributed by atoms with E-state index in [0.717, 1.165) is 6.07 Å². The van der Waals surface area contributed by atoms with Crippen molar-refractivity contribution in [3.05, 3.63) is 29.3 Å². The lowest BCUT2D eigenvalue weighted by atomic mass is 10.2. The fourth-order valence-corrected chi connectivity index (χ4v) is 1.27. The molecule has 1 aliphatic rings. The molecule has 0 fully saturated rings. The first-order valence-electron chi connectivity index (χ1n) is 4.01. The maximum absolute atomic E-state index is 13.1. The van der Waals surface area contributed by atoms with E-state index in [-0.39, 0.29) is 12.3 Å². The lowest BCUT2D eigenvalue weighted by Gasteiger charge is -2.06. The Bertz CT molecular complexity index is 328. The normalized spacial score (nSPS) is 15.8. The summed E-state index contributed by atoms with van der Waals surface area (Å²) in [6.07, 6.45) is 0. The minimum Gasteiger partial charge on any atom is -0.492 e. The van der Waals surface area contributed by atoms with E-state index in [1.165, 1.54) is 6.07 Å². The highest BCUT2D eigenvalue weighted by atomic mass is 19.1. The zero-order chi connectivity index (χ0) is 9.26. The standard InChI is InChI=1S/C9H8F2NO/c10-6-3-8(11)7-5-12-1-2-13-9(7)4-6/h3-4H,1-2,5H2. The Hall–Kier alpha value is -1.16. The van der Waals surface area contributed by atoms with E-state index in [4.69, 9.17) is 4.74 Å². The highest BCUT2D eigenvalue weighted by molar-refractivity contribution is 5.35. The van der Waals surface area contributed by atoms with Gasteiger partial charge in [0.1, 0.15) is 24.0 Å². The van der Waals surface area contributed by atoms with Gasteiger partial charge in [-0.25, -0.2) is 14.1 Å². The average Bonchev–Trinajstić information content (AvgIpc) is 2.28. The van der Waals surface area contributed by atoms with Crippen molar-refractivity contribution in [1.29, 1.82) is 0 Å². The molecule has 2 rings (SSSR count). The fraction of sp³-hybridized carbons (Fsp3) is 0.333. The minimum atomic E-state index is -0.613. The van der Waals surface area contributed by atoms with Crippen LogP contribution in [-0.4, -0.2) is 13.2 Å². The van der Waals surface area contributed by atoms with Gasteiger partial charge >= 0.3 is 0 Å². The molecule has 1 aliphatic heterocycles. The van der Waals surface area contributed by atoms with Crippen LogP contribution in [0.25, 0.3) is 0 Å². The van der Waals surface area contributed by atoms with Crippen LogP contribution in [0.1, 0.15) is 5.56 Å². The van der Waals surface area contributed by atoms with E-state index in [1.807, 2.05) is 0 Å². The molecule has 69 valence electrons. The van der Waals surface area contributed by atoms with Crippen LogP contribution in [0.15, 0.2) is 12.1 Å².